The summed E-state index contributed by atoms with van der Waals surface area (Å²) in [5, 5.41) is 14.6. The third kappa shape index (κ3) is 12.7. The molecule has 8 nitrogen and oxygen atoms in total. The quantitative estimate of drug-likeness (QED) is 0.395. The molecule has 0 aliphatic heterocycles. The monoisotopic (exact) mass is 534 g/mol. The van der Waals surface area contributed by atoms with Crippen LogP contribution < -0.4 is 10.6 Å². The Morgan fingerprint density at radius 1 is 0.882 bits per heavy atom. The van der Waals surface area contributed by atoms with E-state index in [1.54, 1.807) is 12.1 Å². The normalized spacial score (nSPS) is 11.9. The highest BCUT2D eigenvalue weighted by atomic mass is 79.9. The second-order valence-corrected chi connectivity index (χ2v) is 9.06. The zero-order chi connectivity index (χ0) is 25.5. The molecule has 0 aliphatic carbocycles. The highest BCUT2D eigenvalue weighted by molar-refractivity contribution is 9.18. The van der Waals surface area contributed by atoms with Crippen molar-refractivity contribution in [2.24, 2.45) is 5.92 Å². The summed E-state index contributed by atoms with van der Waals surface area (Å²) >= 11 is 2.63. The van der Waals surface area contributed by atoms with Crippen molar-refractivity contribution in [1.29, 1.82) is 0 Å². The zero-order valence-corrected chi connectivity index (χ0v) is 21.1. The first kappa shape index (κ1) is 28.8. The molecule has 0 bridgehead atoms. The van der Waals surface area contributed by atoms with Gasteiger partial charge in [0.2, 0.25) is 5.91 Å². The zero-order valence-electron chi connectivity index (χ0n) is 19.5. The Morgan fingerprint density at radius 2 is 1.38 bits per heavy atom. The smallest absolute Gasteiger partial charge is 0.408 e. The predicted molar refractivity (Wildman–Crippen MR) is 132 cm³/mol. The van der Waals surface area contributed by atoms with E-state index in [9.17, 15) is 24.3 Å². The molecule has 0 spiro atoms. The van der Waals surface area contributed by atoms with Gasteiger partial charge in [-0.15, -0.1) is 0 Å². The van der Waals surface area contributed by atoms with Gasteiger partial charge in [0.1, 0.15) is 18.7 Å². The van der Waals surface area contributed by atoms with Crippen molar-refractivity contribution >= 4 is 38.6 Å². The van der Waals surface area contributed by atoms with Gasteiger partial charge < -0.3 is 20.5 Å². The van der Waals surface area contributed by atoms with Crippen LogP contribution in [0.4, 0.5) is 4.79 Å². The number of carbonyl (C=O) groups excluding carboxylic acids is 3. The summed E-state index contributed by atoms with van der Waals surface area (Å²) in [6, 6.07) is 16.2. The van der Waals surface area contributed by atoms with Gasteiger partial charge in [-0.25, -0.2) is 9.59 Å². The number of nitrogens with one attached hydrogen (secondary N) is 2. The summed E-state index contributed by atoms with van der Waals surface area (Å²) in [4.78, 5) is 45.9. The van der Waals surface area contributed by atoms with Crippen molar-refractivity contribution < 1.29 is 29.0 Å². The van der Waals surface area contributed by atoms with Crippen LogP contribution in [0.15, 0.2) is 60.7 Å². The molecule has 0 aliphatic rings. The van der Waals surface area contributed by atoms with Crippen molar-refractivity contribution in [1.82, 2.24) is 10.6 Å². The Labute approximate surface area is 208 Å². The summed E-state index contributed by atoms with van der Waals surface area (Å²) in [6.45, 7) is 5.35. The number of benzene rings is 2. The van der Waals surface area contributed by atoms with Crippen LogP contribution in [0.3, 0.4) is 0 Å². The van der Waals surface area contributed by atoms with Gasteiger partial charge in [0, 0.05) is 13.3 Å². The van der Waals surface area contributed by atoms with Gasteiger partial charge in [0.25, 0.3) is 0 Å². The maximum atomic E-state index is 12.7. The van der Waals surface area contributed by atoms with Crippen molar-refractivity contribution in [2.45, 2.75) is 52.3 Å². The Hall–Kier alpha value is -3.20. The van der Waals surface area contributed by atoms with Gasteiger partial charge in [-0.05, 0) is 39.4 Å². The molecule has 0 saturated heterocycles. The summed E-state index contributed by atoms with van der Waals surface area (Å²) < 4.78 is 5.17. The molecule has 184 valence electrons. The molecular weight excluding hydrogens is 504 g/mol. The lowest BCUT2D eigenvalue weighted by atomic mass is 10.0. The van der Waals surface area contributed by atoms with Crippen LogP contribution >= 0.6 is 15.9 Å². The molecule has 0 aromatic heterocycles. The van der Waals surface area contributed by atoms with Crippen molar-refractivity contribution in [3.8, 4) is 0 Å². The average molecular weight is 535 g/mol. The van der Waals surface area contributed by atoms with Gasteiger partial charge in [-0.1, -0.05) is 74.5 Å². The van der Waals surface area contributed by atoms with E-state index in [4.69, 9.17) is 4.74 Å². The van der Waals surface area contributed by atoms with Gasteiger partial charge in [-0.2, -0.15) is 0 Å². The number of carboxylic acids is 1. The predicted octanol–water partition coefficient (Wildman–Crippen LogP) is 4.07. The Kier molecular flexibility index (Phi) is 13.2. The maximum absolute atomic E-state index is 12.7. The topological polar surface area (TPSA) is 122 Å². The average Bonchev–Trinajstić information content (AvgIpc) is 2.77. The molecule has 34 heavy (non-hydrogen) atoms. The van der Waals surface area contributed by atoms with Crippen molar-refractivity contribution in [3.05, 3.63) is 71.8 Å². The Balaban J connectivity index is 0.00000133. The van der Waals surface area contributed by atoms with Crippen LogP contribution in [0.1, 0.15) is 38.3 Å². The van der Waals surface area contributed by atoms with Crippen LogP contribution in [0, 0.1) is 5.92 Å². The summed E-state index contributed by atoms with van der Waals surface area (Å²) in [7, 11) is 0. The largest absolute Gasteiger partial charge is 0.480 e. The fraction of sp³-hybridized carbons (Fsp3) is 0.360. The fourth-order valence-corrected chi connectivity index (χ4v) is 2.93. The number of hydrogen-bond donors (Lipinski definition) is 3. The third-order valence-electron chi connectivity index (χ3n) is 4.43. The fourth-order valence-electron chi connectivity index (χ4n) is 2.93. The van der Waals surface area contributed by atoms with Crippen LogP contribution in [-0.2, 0) is 32.1 Å². The van der Waals surface area contributed by atoms with Crippen LogP contribution in [-0.4, -0.2) is 39.9 Å². The molecule has 2 atom stereocenters. The standard InChI is InChI=1S/C23H28N2O5.C2H3BrO/c1-16(2)13-19(25-23(29)30-15-18-11-7-4-8-12-18)21(26)24-20(22(27)28)14-17-9-5-3-6-10-17;1-2(3)4/h3-12,16,19-20H,13-15H2,1-2H3,(H,24,26)(H,25,29)(H,27,28);1H3/t19-,20-;/m0./s1. The van der Waals surface area contributed by atoms with E-state index in [1.807, 2.05) is 62.4 Å². The minimum Gasteiger partial charge on any atom is -0.480 e. The lowest BCUT2D eigenvalue weighted by Gasteiger charge is -2.22. The second kappa shape index (κ2) is 15.6. The number of aliphatic carboxylic acids is 1. The van der Waals surface area contributed by atoms with Gasteiger partial charge >= 0.3 is 12.1 Å². The molecule has 2 aromatic carbocycles. The summed E-state index contributed by atoms with van der Waals surface area (Å²) in [5.74, 6) is -1.58. The first-order valence-electron chi connectivity index (χ1n) is 10.8. The first-order valence-corrected chi connectivity index (χ1v) is 11.6. The van der Waals surface area contributed by atoms with Gasteiger partial charge in [0.05, 0.1) is 0 Å². The van der Waals surface area contributed by atoms with E-state index in [2.05, 4.69) is 26.6 Å². The number of carbonyl (C=O) groups is 4. The minimum atomic E-state index is -1.14. The molecule has 0 radical (unpaired) electrons. The van der Waals surface area contributed by atoms with Crippen LogP contribution in [0.5, 0.6) is 0 Å². The van der Waals surface area contributed by atoms with E-state index in [1.165, 1.54) is 6.92 Å². The molecule has 0 saturated carbocycles. The number of carboxylic acid groups (broad SMARTS) is 1. The number of amides is 2. The Morgan fingerprint density at radius 3 is 1.85 bits per heavy atom. The lowest BCUT2D eigenvalue weighted by molar-refractivity contribution is -0.142. The molecule has 0 unspecified atom stereocenters. The number of ether oxygens (including phenoxy) is 1. The second-order valence-electron chi connectivity index (χ2n) is 7.95. The van der Waals surface area contributed by atoms with E-state index in [0.717, 1.165) is 11.1 Å². The maximum Gasteiger partial charge on any atom is 0.408 e. The molecule has 9 heteroatoms. The van der Waals surface area contributed by atoms with Crippen LogP contribution in [0.25, 0.3) is 0 Å². The van der Waals surface area contributed by atoms with Gasteiger partial charge in [-0.3, -0.25) is 9.59 Å². The molecular formula is C25H31BrN2O6. The summed E-state index contributed by atoms with van der Waals surface area (Å²) in [6.07, 6.45) is -0.229. The summed E-state index contributed by atoms with van der Waals surface area (Å²) in [5.41, 5.74) is 1.62. The lowest BCUT2D eigenvalue weighted by Crippen LogP contribution is -2.52. The van der Waals surface area contributed by atoms with Gasteiger partial charge in [0.15, 0.2) is 4.69 Å². The highest BCUT2D eigenvalue weighted by Gasteiger charge is 2.27. The minimum absolute atomic E-state index is 0.0208. The molecule has 3 N–H and O–H groups in total. The van der Waals surface area contributed by atoms with Crippen LogP contribution in [0.2, 0.25) is 0 Å². The first-order chi connectivity index (χ1) is 16.1. The molecule has 2 amide bonds. The number of hydrogen-bond acceptors (Lipinski definition) is 5. The van der Waals surface area contributed by atoms with E-state index >= 15 is 0 Å². The number of alkyl carbamates (subject to hydrolysis) is 1. The molecule has 0 fully saturated rings. The molecule has 2 aromatic rings. The Bertz CT molecular complexity index is 918. The SMILES string of the molecule is CC(=O)Br.CC(C)C[C@H](NC(=O)OCc1ccccc1)C(=O)N[C@@H](Cc1ccccc1)C(=O)O. The number of rotatable bonds is 10. The molecule has 0 heterocycles. The van der Waals surface area contributed by atoms with E-state index in [0.29, 0.717) is 6.42 Å². The van der Waals surface area contributed by atoms with E-state index < -0.39 is 30.1 Å². The van der Waals surface area contributed by atoms with Crippen molar-refractivity contribution in [3.63, 3.8) is 0 Å². The third-order valence-corrected chi connectivity index (χ3v) is 4.43. The van der Waals surface area contributed by atoms with Crippen molar-refractivity contribution in [2.75, 3.05) is 0 Å². The van der Waals surface area contributed by atoms with E-state index in [-0.39, 0.29) is 23.6 Å². The number of halogens is 1. The highest BCUT2D eigenvalue weighted by Crippen LogP contribution is 2.09. The molecule has 2 rings (SSSR count).